The van der Waals surface area contributed by atoms with Crippen molar-refractivity contribution in [3.8, 4) is 5.75 Å². The molecule has 6 nitrogen and oxygen atoms in total. The standard InChI is InChI=1S/C23H26N4O2/c1-3-27(17-18-9-5-4-6-10-18)22-16-25-20(15-26-22)23(28)24-14-13-19-11-7-8-12-21(19)29-2/h4-12,15-16H,3,13-14,17H2,1-2H3,(H,24,28). The van der Waals surface area contributed by atoms with Crippen molar-refractivity contribution in [3.05, 3.63) is 83.8 Å². The summed E-state index contributed by atoms with van der Waals surface area (Å²) in [5.41, 5.74) is 2.56. The van der Waals surface area contributed by atoms with Crippen LogP contribution in [0.4, 0.5) is 5.82 Å². The number of nitrogens with one attached hydrogen (secondary N) is 1. The van der Waals surface area contributed by atoms with Crippen LogP contribution >= 0.6 is 0 Å². The summed E-state index contributed by atoms with van der Waals surface area (Å²) in [5.74, 6) is 1.34. The number of rotatable bonds is 9. The summed E-state index contributed by atoms with van der Waals surface area (Å²) in [4.78, 5) is 23.2. The van der Waals surface area contributed by atoms with E-state index in [0.29, 0.717) is 18.7 Å². The molecule has 3 rings (SSSR count). The summed E-state index contributed by atoms with van der Waals surface area (Å²) in [6.45, 7) is 4.12. The van der Waals surface area contributed by atoms with E-state index in [1.165, 1.54) is 11.8 Å². The topological polar surface area (TPSA) is 67.4 Å². The zero-order valence-corrected chi connectivity index (χ0v) is 16.8. The molecule has 1 heterocycles. The van der Waals surface area contributed by atoms with Crippen molar-refractivity contribution < 1.29 is 9.53 Å². The third-order valence-corrected chi connectivity index (χ3v) is 4.67. The van der Waals surface area contributed by atoms with Crippen LogP contribution < -0.4 is 15.0 Å². The predicted molar refractivity (Wildman–Crippen MR) is 114 cm³/mol. The normalized spacial score (nSPS) is 10.4. The van der Waals surface area contributed by atoms with E-state index in [0.717, 1.165) is 30.2 Å². The zero-order chi connectivity index (χ0) is 20.5. The number of carbonyl (C=O) groups is 1. The molecule has 0 aliphatic heterocycles. The number of aromatic nitrogens is 2. The second kappa shape index (κ2) is 10.2. The first-order valence-corrected chi connectivity index (χ1v) is 9.72. The Bertz CT molecular complexity index is 914. The maximum Gasteiger partial charge on any atom is 0.271 e. The monoisotopic (exact) mass is 390 g/mol. The molecule has 1 amide bonds. The molecule has 0 aliphatic rings. The number of hydrogen-bond donors (Lipinski definition) is 1. The smallest absolute Gasteiger partial charge is 0.271 e. The Labute approximate surface area is 171 Å². The third-order valence-electron chi connectivity index (χ3n) is 4.67. The molecule has 3 aromatic rings. The Morgan fingerprint density at radius 2 is 1.79 bits per heavy atom. The Balaban J connectivity index is 1.56. The highest BCUT2D eigenvalue weighted by atomic mass is 16.5. The van der Waals surface area contributed by atoms with Gasteiger partial charge >= 0.3 is 0 Å². The molecule has 0 bridgehead atoms. The average molecular weight is 390 g/mol. The number of anilines is 1. The summed E-state index contributed by atoms with van der Waals surface area (Å²) >= 11 is 0. The molecular weight excluding hydrogens is 364 g/mol. The summed E-state index contributed by atoms with van der Waals surface area (Å²) < 4.78 is 5.34. The molecule has 0 radical (unpaired) electrons. The van der Waals surface area contributed by atoms with E-state index in [1.807, 2.05) is 42.5 Å². The van der Waals surface area contributed by atoms with Gasteiger partial charge in [0, 0.05) is 19.6 Å². The van der Waals surface area contributed by atoms with Crippen molar-refractivity contribution in [1.29, 1.82) is 0 Å². The van der Waals surface area contributed by atoms with Gasteiger partial charge in [0.2, 0.25) is 0 Å². The Hall–Kier alpha value is -3.41. The SMILES string of the molecule is CCN(Cc1ccccc1)c1cnc(C(=O)NCCc2ccccc2OC)cn1. The van der Waals surface area contributed by atoms with E-state index in [4.69, 9.17) is 4.74 Å². The van der Waals surface area contributed by atoms with Gasteiger partial charge in [-0.25, -0.2) is 9.97 Å². The molecule has 0 atom stereocenters. The largest absolute Gasteiger partial charge is 0.496 e. The molecule has 150 valence electrons. The number of hydrogen-bond acceptors (Lipinski definition) is 5. The van der Waals surface area contributed by atoms with E-state index in [-0.39, 0.29) is 5.91 Å². The molecule has 0 fully saturated rings. The van der Waals surface area contributed by atoms with Gasteiger partial charge in [0.25, 0.3) is 5.91 Å². The second-order valence-corrected chi connectivity index (χ2v) is 6.58. The third kappa shape index (κ3) is 5.54. The summed E-state index contributed by atoms with van der Waals surface area (Å²) in [6.07, 6.45) is 3.87. The fourth-order valence-electron chi connectivity index (χ4n) is 3.07. The average Bonchev–Trinajstić information content (AvgIpc) is 2.78. The lowest BCUT2D eigenvalue weighted by Gasteiger charge is -2.21. The number of amides is 1. The molecule has 6 heteroatoms. The number of nitrogens with zero attached hydrogens (tertiary/aromatic N) is 3. The first kappa shape index (κ1) is 20.3. The first-order valence-electron chi connectivity index (χ1n) is 9.72. The fourth-order valence-corrected chi connectivity index (χ4v) is 3.07. The molecule has 29 heavy (non-hydrogen) atoms. The van der Waals surface area contributed by atoms with Crippen molar-refractivity contribution in [2.75, 3.05) is 25.1 Å². The van der Waals surface area contributed by atoms with Crippen LogP contribution in [0.2, 0.25) is 0 Å². The van der Waals surface area contributed by atoms with Gasteiger partial charge in [0.15, 0.2) is 0 Å². The lowest BCUT2D eigenvalue weighted by Crippen LogP contribution is -2.27. The number of para-hydroxylation sites is 1. The van der Waals surface area contributed by atoms with Crippen molar-refractivity contribution >= 4 is 11.7 Å². The minimum Gasteiger partial charge on any atom is -0.496 e. The van der Waals surface area contributed by atoms with Gasteiger partial charge in [-0.15, -0.1) is 0 Å². The Morgan fingerprint density at radius 3 is 2.48 bits per heavy atom. The molecule has 0 aliphatic carbocycles. The van der Waals surface area contributed by atoms with Crippen LogP contribution in [-0.2, 0) is 13.0 Å². The molecule has 0 saturated heterocycles. The number of ether oxygens (including phenoxy) is 1. The van der Waals surface area contributed by atoms with Crippen molar-refractivity contribution in [3.63, 3.8) is 0 Å². The number of benzene rings is 2. The van der Waals surface area contributed by atoms with Crippen molar-refractivity contribution in [2.24, 2.45) is 0 Å². The molecule has 0 spiro atoms. The highest BCUT2D eigenvalue weighted by Crippen LogP contribution is 2.17. The molecule has 0 unspecified atom stereocenters. The van der Waals surface area contributed by atoms with Gasteiger partial charge in [-0.05, 0) is 30.5 Å². The van der Waals surface area contributed by atoms with Crippen molar-refractivity contribution in [1.82, 2.24) is 15.3 Å². The molecule has 1 N–H and O–H groups in total. The van der Waals surface area contributed by atoms with Crippen LogP contribution in [0.3, 0.4) is 0 Å². The predicted octanol–water partition coefficient (Wildman–Crippen LogP) is 3.48. The second-order valence-electron chi connectivity index (χ2n) is 6.58. The van der Waals surface area contributed by atoms with Crippen LogP contribution in [0, 0.1) is 0 Å². The maximum absolute atomic E-state index is 12.4. The molecular formula is C23H26N4O2. The summed E-state index contributed by atoms with van der Waals surface area (Å²) in [5, 5.41) is 2.89. The fraction of sp³-hybridized carbons (Fsp3) is 0.261. The highest BCUT2D eigenvalue weighted by molar-refractivity contribution is 5.92. The highest BCUT2D eigenvalue weighted by Gasteiger charge is 2.11. The summed E-state index contributed by atoms with van der Waals surface area (Å²) in [6, 6.07) is 18.0. The minimum absolute atomic E-state index is 0.231. The van der Waals surface area contributed by atoms with Crippen molar-refractivity contribution in [2.45, 2.75) is 19.9 Å². The maximum atomic E-state index is 12.4. The lowest BCUT2D eigenvalue weighted by atomic mass is 10.1. The van der Waals surface area contributed by atoms with Crippen LogP contribution in [0.5, 0.6) is 5.75 Å². The molecule has 1 aromatic heterocycles. The Morgan fingerprint density at radius 1 is 1.03 bits per heavy atom. The first-order chi connectivity index (χ1) is 14.2. The molecule has 0 saturated carbocycles. The van der Waals surface area contributed by atoms with Gasteiger partial charge in [0.05, 0.1) is 19.5 Å². The van der Waals surface area contributed by atoms with Gasteiger partial charge in [-0.3, -0.25) is 4.79 Å². The molecule has 2 aromatic carbocycles. The zero-order valence-electron chi connectivity index (χ0n) is 16.8. The van der Waals surface area contributed by atoms with E-state index in [2.05, 4.69) is 39.2 Å². The number of methoxy groups -OCH3 is 1. The minimum atomic E-state index is -0.231. The van der Waals surface area contributed by atoms with E-state index in [9.17, 15) is 4.79 Å². The summed E-state index contributed by atoms with van der Waals surface area (Å²) in [7, 11) is 1.64. The van der Waals surface area contributed by atoms with Gasteiger partial charge in [0.1, 0.15) is 17.3 Å². The van der Waals surface area contributed by atoms with Gasteiger partial charge in [-0.2, -0.15) is 0 Å². The Kier molecular flexibility index (Phi) is 7.16. The van der Waals surface area contributed by atoms with E-state index < -0.39 is 0 Å². The van der Waals surface area contributed by atoms with Crippen LogP contribution in [0.25, 0.3) is 0 Å². The van der Waals surface area contributed by atoms with Crippen LogP contribution in [-0.4, -0.2) is 36.1 Å². The van der Waals surface area contributed by atoms with Crippen LogP contribution in [0.15, 0.2) is 67.0 Å². The quantitative estimate of drug-likeness (QED) is 0.606. The van der Waals surface area contributed by atoms with Crippen LogP contribution in [0.1, 0.15) is 28.5 Å². The number of carbonyl (C=O) groups excluding carboxylic acids is 1. The van der Waals surface area contributed by atoms with Gasteiger partial charge < -0.3 is 15.0 Å². The van der Waals surface area contributed by atoms with Gasteiger partial charge in [-0.1, -0.05) is 48.5 Å². The lowest BCUT2D eigenvalue weighted by molar-refractivity contribution is 0.0948. The van der Waals surface area contributed by atoms with E-state index in [1.54, 1.807) is 13.3 Å². The van der Waals surface area contributed by atoms with E-state index >= 15 is 0 Å².